The molecule has 1 saturated heterocycles. The molecule has 0 radical (unpaired) electrons. The molecule has 7 heteroatoms. The molecular formula is C26H39Cl2N3O2. The fourth-order valence-corrected chi connectivity index (χ4v) is 5.01. The van der Waals surface area contributed by atoms with Crippen LogP contribution in [-0.4, -0.2) is 51.6 Å². The van der Waals surface area contributed by atoms with E-state index >= 15 is 0 Å². The molecule has 2 atom stereocenters. The lowest BCUT2D eigenvalue weighted by atomic mass is 9.79. The Kier molecular flexibility index (Phi) is 12.2. The summed E-state index contributed by atoms with van der Waals surface area (Å²) in [6, 6.07) is 18.8. The van der Waals surface area contributed by atoms with E-state index in [1.807, 2.05) is 32.3 Å². The van der Waals surface area contributed by atoms with Crippen molar-refractivity contribution < 1.29 is 9.53 Å². The molecule has 0 aliphatic carbocycles. The third-order valence-electron chi connectivity index (χ3n) is 6.94. The van der Waals surface area contributed by atoms with Crippen LogP contribution in [0.15, 0.2) is 54.6 Å². The summed E-state index contributed by atoms with van der Waals surface area (Å²) in [5.41, 5.74) is 2.40. The molecule has 1 amide bonds. The fraction of sp³-hybridized carbons (Fsp3) is 0.500. The first-order valence-corrected chi connectivity index (χ1v) is 11.4. The second-order valence-corrected chi connectivity index (χ2v) is 8.48. The van der Waals surface area contributed by atoms with Crippen molar-refractivity contribution in [1.29, 1.82) is 0 Å². The summed E-state index contributed by atoms with van der Waals surface area (Å²) in [5.74, 6) is 1.30. The average molecular weight is 497 g/mol. The van der Waals surface area contributed by atoms with Gasteiger partial charge in [-0.25, -0.2) is 0 Å². The Labute approximate surface area is 211 Å². The third-order valence-corrected chi connectivity index (χ3v) is 6.94. The molecule has 1 aliphatic heterocycles. The lowest BCUT2D eigenvalue weighted by molar-refractivity contribution is -0.138. The van der Waals surface area contributed by atoms with Crippen molar-refractivity contribution in [2.45, 2.75) is 37.6 Å². The Morgan fingerprint density at radius 2 is 1.64 bits per heavy atom. The smallest absolute Gasteiger partial charge is 0.227 e. The van der Waals surface area contributed by atoms with E-state index in [1.165, 1.54) is 11.1 Å². The maximum atomic E-state index is 13.6. The van der Waals surface area contributed by atoms with Crippen molar-refractivity contribution >= 4 is 30.7 Å². The maximum Gasteiger partial charge on any atom is 0.227 e. The van der Waals surface area contributed by atoms with Crippen LogP contribution in [0.3, 0.4) is 0 Å². The summed E-state index contributed by atoms with van der Waals surface area (Å²) in [5, 5.41) is 6.82. The van der Waals surface area contributed by atoms with E-state index in [4.69, 9.17) is 4.74 Å². The number of halogens is 2. The topological polar surface area (TPSA) is 53.6 Å². The number of ether oxygens (including phenoxy) is 1. The lowest BCUT2D eigenvalue weighted by Gasteiger charge is -2.43. The summed E-state index contributed by atoms with van der Waals surface area (Å²) in [6.45, 7) is 4.40. The monoisotopic (exact) mass is 495 g/mol. The van der Waals surface area contributed by atoms with Gasteiger partial charge in [0.1, 0.15) is 5.75 Å². The first kappa shape index (κ1) is 29.2. The van der Waals surface area contributed by atoms with E-state index in [2.05, 4.69) is 58.9 Å². The quantitative estimate of drug-likeness (QED) is 0.533. The molecule has 1 aliphatic rings. The minimum atomic E-state index is -0.106. The number of nitrogens with one attached hydrogen (secondary N) is 2. The summed E-state index contributed by atoms with van der Waals surface area (Å²) in [7, 11) is 5.64. The number of methoxy groups -OCH3 is 1. The molecular weight excluding hydrogens is 457 g/mol. The highest BCUT2D eigenvalue weighted by molar-refractivity contribution is 5.85. The van der Waals surface area contributed by atoms with Crippen LogP contribution in [0.1, 0.15) is 43.2 Å². The average Bonchev–Trinajstić information content (AvgIpc) is 2.84. The molecule has 3 rings (SSSR count). The van der Waals surface area contributed by atoms with Crippen LogP contribution in [0.5, 0.6) is 5.75 Å². The predicted octanol–water partition coefficient (Wildman–Crippen LogP) is 4.61. The van der Waals surface area contributed by atoms with E-state index in [-0.39, 0.29) is 48.1 Å². The van der Waals surface area contributed by atoms with Crippen molar-refractivity contribution in [3.05, 3.63) is 65.7 Å². The number of rotatable bonds is 9. The van der Waals surface area contributed by atoms with Crippen molar-refractivity contribution in [2.24, 2.45) is 5.92 Å². The zero-order chi connectivity index (χ0) is 22.3. The Hall–Kier alpha value is -1.79. The van der Waals surface area contributed by atoms with Crippen LogP contribution < -0.4 is 15.4 Å². The van der Waals surface area contributed by atoms with E-state index in [9.17, 15) is 4.79 Å². The number of nitrogens with zero attached hydrogens (tertiary/aromatic N) is 1. The van der Waals surface area contributed by atoms with Gasteiger partial charge in [0.05, 0.1) is 13.0 Å². The first-order valence-electron chi connectivity index (χ1n) is 11.4. The van der Waals surface area contributed by atoms with Crippen molar-refractivity contribution in [3.63, 3.8) is 0 Å². The fourth-order valence-electron chi connectivity index (χ4n) is 5.01. The number of piperidine rings is 1. The molecule has 184 valence electrons. The van der Waals surface area contributed by atoms with E-state index in [1.54, 1.807) is 7.11 Å². The maximum absolute atomic E-state index is 13.6. The molecule has 33 heavy (non-hydrogen) atoms. The molecule has 1 fully saturated rings. The molecule has 5 nitrogen and oxygen atoms in total. The predicted molar refractivity (Wildman–Crippen MR) is 141 cm³/mol. The van der Waals surface area contributed by atoms with E-state index in [0.29, 0.717) is 6.54 Å². The molecule has 0 aromatic heterocycles. The number of carbonyl (C=O) groups is 1. The van der Waals surface area contributed by atoms with Gasteiger partial charge < -0.3 is 20.3 Å². The highest BCUT2D eigenvalue weighted by atomic mass is 35.5. The summed E-state index contributed by atoms with van der Waals surface area (Å²) < 4.78 is 5.31. The number of hydrogen-bond acceptors (Lipinski definition) is 4. The van der Waals surface area contributed by atoms with Gasteiger partial charge in [-0.15, -0.1) is 24.8 Å². The molecule has 0 spiro atoms. The number of amides is 1. The van der Waals surface area contributed by atoms with Crippen LogP contribution in [-0.2, 0) is 10.3 Å². The Morgan fingerprint density at radius 3 is 2.12 bits per heavy atom. The molecule has 2 aromatic rings. The van der Waals surface area contributed by atoms with Crippen molar-refractivity contribution in [2.75, 3.05) is 40.8 Å². The normalized spacial score (nSPS) is 16.7. The van der Waals surface area contributed by atoms with Crippen LogP contribution in [0, 0.1) is 5.92 Å². The number of likely N-dealkylation sites (tertiary alicyclic amines) is 1. The molecule has 0 unspecified atom stereocenters. The Balaban J connectivity index is 0.00000272. The highest BCUT2D eigenvalue weighted by Gasteiger charge is 2.39. The SMILES string of the molecule is CC[C@@H](c1ccccc1)[C@@H](CNC)C(=O)N1CCC(NC)(c2ccc(OC)cc2)CC1.Cl.Cl. The van der Waals surface area contributed by atoms with Crippen LogP contribution >= 0.6 is 24.8 Å². The van der Waals surface area contributed by atoms with Gasteiger partial charge in [0.25, 0.3) is 0 Å². The second-order valence-electron chi connectivity index (χ2n) is 8.48. The molecule has 1 heterocycles. The Bertz CT molecular complexity index is 825. The van der Waals surface area contributed by atoms with Gasteiger partial charge in [0.15, 0.2) is 0 Å². The van der Waals surface area contributed by atoms with Crippen molar-refractivity contribution in [3.8, 4) is 5.75 Å². The minimum absolute atomic E-state index is 0. The van der Waals surface area contributed by atoms with Gasteiger partial charge in [0.2, 0.25) is 5.91 Å². The summed E-state index contributed by atoms with van der Waals surface area (Å²) in [6.07, 6.45) is 2.74. The summed E-state index contributed by atoms with van der Waals surface area (Å²) >= 11 is 0. The van der Waals surface area contributed by atoms with Gasteiger partial charge in [-0.1, -0.05) is 49.4 Å². The molecule has 0 saturated carbocycles. The van der Waals surface area contributed by atoms with Crippen LogP contribution in [0.25, 0.3) is 0 Å². The molecule has 2 aromatic carbocycles. The zero-order valence-electron chi connectivity index (χ0n) is 20.2. The standard InChI is InChI=1S/C26H37N3O2.2ClH/c1-5-23(20-9-7-6-8-10-20)24(19-27-2)25(30)29-17-15-26(28-3,16-18-29)21-11-13-22(31-4)14-12-21;;/h6-14,23-24,27-28H,5,15-19H2,1-4H3;2*1H/t23-,24+;;/m0../s1. The second kappa shape index (κ2) is 13.8. The van der Waals surface area contributed by atoms with Gasteiger partial charge in [-0.2, -0.15) is 0 Å². The van der Waals surface area contributed by atoms with Gasteiger partial charge in [0, 0.05) is 25.2 Å². The summed E-state index contributed by atoms with van der Waals surface area (Å²) in [4.78, 5) is 15.7. The molecule has 2 N–H and O–H groups in total. The first-order chi connectivity index (χ1) is 15.1. The minimum Gasteiger partial charge on any atom is -0.497 e. The van der Waals surface area contributed by atoms with Gasteiger partial charge in [-0.05, 0) is 62.5 Å². The van der Waals surface area contributed by atoms with Gasteiger partial charge >= 0.3 is 0 Å². The Morgan fingerprint density at radius 1 is 1.03 bits per heavy atom. The zero-order valence-corrected chi connectivity index (χ0v) is 21.8. The van der Waals surface area contributed by atoms with Crippen molar-refractivity contribution in [1.82, 2.24) is 15.5 Å². The van der Waals surface area contributed by atoms with Gasteiger partial charge in [-0.3, -0.25) is 4.79 Å². The highest BCUT2D eigenvalue weighted by Crippen LogP contribution is 2.36. The molecule has 0 bridgehead atoms. The lowest BCUT2D eigenvalue weighted by Crippen LogP contribution is -2.53. The number of hydrogen-bond donors (Lipinski definition) is 2. The van der Waals surface area contributed by atoms with Crippen LogP contribution in [0.4, 0.5) is 0 Å². The third kappa shape index (κ3) is 6.63. The van der Waals surface area contributed by atoms with Crippen LogP contribution in [0.2, 0.25) is 0 Å². The number of benzene rings is 2. The van der Waals surface area contributed by atoms with E-state index < -0.39 is 0 Å². The number of carbonyl (C=O) groups excluding carboxylic acids is 1. The van der Waals surface area contributed by atoms with E-state index in [0.717, 1.165) is 38.1 Å². The largest absolute Gasteiger partial charge is 0.497 e.